The van der Waals surface area contributed by atoms with Crippen LogP contribution in [-0.2, 0) is 20.7 Å². The summed E-state index contributed by atoms with van der Waals surface area (Å²) >= 11 is 8.46. The fourth-order valence-corrected chi connectivity index (χ4v) is 9.18. The van der Waals surface area contributed by atoms with Crippen molar-refractivity contribution in [2.45, 2.75) is 162 Å². The maximum atomic E-state index is 15.3. The molecule has 396 valence electrons. The Balaban J connectivity index is 0.000000673. The third-order valence-electron chi connectivity index (χ3n) is 12.6. The lowest BCUT2D eigenvalue weighted by Gasteiger charge is -2.29. The molecule has 0 spiro atoms. The second kappa shape index (κ2) is 31.6. The zero-order chi connectivity index (χ0) is 52.7. The number of aromatic nitrogens is 3. The highest BCUT2D eigenvalue weighted by atomic mass is 35.5. The van der Waals surface area contributed by atoms with Gasteiger partial charge in [-0.1, -0.05) is 65.0 Å². The molecule has 1 aliphatic heterocycles. The molecule has 71 heavy (non-hydrogen) atoms. The van der Waals surface area contributed by atoms with Crippen molar-refractivity contribution in [3.63, 3.8) is 0 Å². The van der Waals surface area contributed by atoms with Gasteiger partial charge in [0.2, 0.25) is 5.92 Å². The molecule has 0 bridgehead atoms. The predicted octanol–water partition coefficient (Wildman–Crippen LogP) is 13.1. The molecule has 0 amide bonds. The number of nitrogens with one attached hydrogen (secondary N) is 3. The van der Waals surface area contributed by atoms with Gasteiger partial charge in [0.05, 0.1) is 29.0 Å². The molecular weight excluding hydrogens is 954 g/mol. The number of carbonyl (C=O) groups is 1. The van der Waals surface area contributed by atoms with Gasteiger partial charge in [0.25, 0.3) is 5.56 Å². The zero-order valence-electron chi connectivity index (χ0n) is 43.6. The van der Waals surface area contributed by atoms with Crippen LogP contribution in [0.2, 0.25) is 5.02 Å². The molecule has 2 fully saturated rings. The summed E-state index contributed by atoms with van der Waals surface area (Å²) in [6.45, 7) is 13.8. The van der Waals surface area contributed by atoms with Crippen molar-refractivity contribution in [1.82, 2.24) is 20.0 Å². The molecule has 2 aromatic heterocycles. The lowest BCUT2D eigenvalue weighted by molar-refractivity contribution is -0.116. The van der Waals surface area contributed by atoms with Crippen LogP contribution in [0.4, 0.5) is 23.2 Å². The second-order valence-electron chi connectivity index (χ2n) is 18.9. The van der Waals surface area contributed by atoms with Crippen LogP contribution in [0.1, 0.15) is 165 Å². The number of hydrazine groups is 1. The molecule has 11 nitrogen and oxygen atoms in total. The maximum Gasteiger partial charge on any atom is 0.269 e. The molecule has 1 saturated heterocycles. The quantitative estimate of drug-likeness (QED) is 0.0221. The van der Waals surface area contributed by atoms with Gasteiger partial charge in [-0.2, -0.15) is 11.8 Å². The van der Waals surface area contributed by atoms with E-state index in [1.54, 1.807) is 35.6 Å². The van der Waals surface area contributed by atoms with E-state index in [0.717, 1.165) is 38.4 Å². The number of carbonyl (C=O) groups excluding carboxylic acids is 1. The summed E-state index contributed by atoms with van der Waals surface area (Å²) in [6, 6.07) is 8.64. The molecule has 2 aliphatic rings. The number of fused-ring (bicyclic) bond motifs is 1. The number of alkyl halides is 2. The molecule has 1 saturated carbocycles. The lowest BCUT2D eigenvalue weighted by Crippen LogP contribution is -2.30. The first-order chi connectivity index (χ1) is 33.9. The van der Waals surface area contributed by atoms with Gasteiger partial charge in [-0.15, -0.1) is 0 Å². The number of nitrogens with zero attached hydrogens (tertiary/aromatic N) is 3. The standard InChI is InChI=1S/C42H50ClF4N5O2.C7H16O.C3H8N2O.C2H6S/c1-5-8-33(48)37-25(4)36(11-10-32(37)43)52-40(31(24(2)3)21-26-19-28(44)22-29(45)20-26)51-39-38(41(52)53)35(49-17-14-30-9-6-7-18-54-30)23-34(50-39)27-12-15-42(46,47)16-13-27;1-3-4-5-6-7-8-2;1-3(6)2-5-4;1-3-2/h10-11,19-20,22-24,27,30-31,48H,5-9,12-18,21H2,1-4H3,(H,49,50);3-7H2,1-2H3;5H,2,4H2,1H3;1-2H3. The van der Waals surface area contributed by atoms with E-state index in [4.69, 9.17) is 42.3 Å². The number of rotatable bonds is 20. The molecule has 3 heterocycles. The Kier molecular flexibility index (Phi) is 27.3. The first-order valence-electron chi connectivity index (χ1n) is 25.2. The number of ether oxygens (including phenoxy) is 2. The number of halogens is 5. The van der Waals surface area contributed by atoms with Gasteiger partial charge in [-0.3, -0.25) is 25.4 Å². The van der Waals surface area contributed by atoms with Gasteiger partial charge in [0, 0.05) is 74.6 Å². The number of ketones is 1. The first-order valence-corrected chi connectivity index (χ1v) is 27.2. The monoisotopic (exact) mass is 1030 g/mol. The van der Waals surface area contributed by atoms with Gasteiger partial charge in [0.1, 0.15) is 28.6 Å². The Morgan fingerprint density at radius 3 is 2.25 bits per heavy atom. The molecule has 2 atom stereocenters. The Morgan fingerprint density at radius 2 is 1.70 bits per heavy atom. The summed E-state index contributed by atoms with van der Waals surface area (Å²) in [7, 11) is 1.76. The molecule has 17 heteroatoms. The molecule has 4 aromatic rings. The Labute approximate surface area is 429 Å². The molecule has 6 rings (SSSR count). The number of anilines is 1. The summed E-state index contributed by atoms with van der Waals surface area (Å²) < 4.78 is 70.0. The topological polar surface area (TPSA) is 157 Å². The zero-order valence-corrected chi connectivity index (χ0v) is 45.1. The molecule has 5 N–H and O–H groups in total. The number of Topliss-reactive ketones (excluding diaryl/α,β-unsaturated/α-hetero) is 1. The number of hydrogen-bond acceptors (Lipinski definition) is 11. The van der Waals surface area contributed by atoms with Crippen molar-refractivity contribution < 1.29 is 31.8 Å². The van der Waals surface area contributed by atoms with Crippen molar-refractivity contribution >= 4 is 51.6 Å². The number of nitrogens with two attached hydrogens (primary N) is 1. The van der Waals surface area contributed by atoms with Crippen molar-refractivity contribution in [3.8, 4) is 5.69 Å². The highest BCUT2D eigenvalue weighted by Crippen LogP contribution is 2.42. The third-order valence-corrected chi connectivity index (χ3v) is 12.9. The summed E-state index contributed by atoms with van der Waals surface area (Å²) in [5.74, 6) is 0.0942. The van der Waals surface area contributed by atoms with E-state index in [0.29, 0.717) is 76.3 Å². The van der Waals surface area contributed by atoms with Crippen LogP contribution < -0.4 is 22.1 Å². The normalized spacial score (nSPS) is 16.0. The summed E-state index contributed by atoms with van der Waals surface area (Å²) in [5, 5.41) is 13.0. The van der Waals surface area contributed by atoms with E-state index >= 15 is 4.79 Å². The lowest BCUT2D eigenvalue weighted by atomic mass is 9.84. The van der Waals surface area contributed by atoms with Gasteiger partial charge in [-0.05, 0) is 132 Å². The van der Waals surface area contributed by atoms with Crippen LogP contribution in [0.3, 0.4) is 0 Å². The summed E-state index contributed by atoms with van der Waals surface area (Å²) in [4.78, 5) is 35.2. The highest BCUT2D eigenvalue weighted by molar-refractivity contribution is 7.97. The van der Waals surface area contributed by atoms with E-state index in [2.05, 4.69) is 17.7 Å². The average Bonchev–Trinajstić information content (AvgIpc) is 3.30. The van der Waals surface area contributed by atoms with Crippen molar-refractivity contribution in [3.05, 3.63) is 91.6 Å². The highest BCUT2D eigenvalue weighted by Gasteiger charge is 2.37. The fourth-order valence-electron chi connectivity index (χ4n) is 8.87. The molecule has 1 aliphatic carbocycles. The van der Waals surface area contributed by atoms with E-state index < -0.39 is 29.0 Å². The van der Waals surface area contributed by atoms with Crippen LogP contribution in [0.25, 0.3) is 16.7 Å². The largest absolute Gasteiger partial charge is 0.385 e. The number of pyridine rings is 1. The number of thioether (sulfide) groups is 1. The maximum absolute atomic E-state index is 15.3. The van der Waals surface area contributed by atoms with Crippen LogP contribution in [-0.4, -0.2) is 84.0 Å². The number of hydrogen-bond donors (Lipinski definition) is 4. The third kappa shape index (κ3) is 19.5. The van der Waals surface area contributed by atoms with Gasteiger partial charge >= 0.3 is 0 Å². The number of benzene rings is 2. The van der Waals surface area contributed by atoms with Crippen LogP contribution in [0, 0.1) is 29.9 Å². The van der Waals surface area contributed by atoms with E-state index in [-0.39, 0.29) is 73.4 Å². The SMILES string of the molecule is CC(=O)CNN.CCCC(=N)c1c(Cl)ccc(-n2c(C(Cc3cc(F)cc(F)c3)C(C)C)nc3nc(C4CCC(F)(F)CC4)cc(NCCC4CCCCO4)c3c2=O)c1C.CCCCCCOC.CSC. The van der Waals surface area contributed by atoms with Gasteiger partial charge < -0.3 is 20.2 Å². The summed E-state index contributed by atoms with van der Waals surface area (Å²) in [6.07, 6.45) is 14.6. The van der Waals surface area contributed by atoms with Crippen molar-refractivity contribution in [2.24, 2.45) is 11.8 Å². The molecular formula is C54H80ClF4N7O4S. The Bertz CT molecular complexity index is 2310. The number of unbranched alkanes of at least 4 members (excludes halogenated alkanes) is 3. The average molecular weight is 1030 g/mol. The second-order valence-corrected chi connectivity index (χ2v) is 20.1. The van der Waals surface area contributed by atoms with E-state index in [1.807, 2.05) is 46.3 Å². The van der Waals surface area contributed by atoms with Crippen LogP contribution >= 0.6 is 23.4 Å². The van der Waals surface area contributed by atoms with Crippen LogP contribution in [0.15, 0.2) is 41.2 Å². The van der Waals surface area contributed by atoms with E-state index in [9.17, 15) is 22.4 Å². The molecule has 2 unspecified atom stereocenters. The Hall–Kier alpha value is -3.93. The van der Waals surface area contributed by atoms with Gasteiger partial charge in [0.15, 0.2) is 5.65 Å². The molecule has 0 radical (unpaired) electrons. The fraction of sp³-hybridized carbons (Fsp3) is 0.611. The minimum absolute atomic E-state index is 0.0532. The smallest absolute Gasteiger partial charge is 0.269 e. The van der Waals surface area contributed by atoms with Gasteiger partial charge in [-0.25, -0.2) is 27.5 Å². The minimum atomic E-state index is -2.72. The first kappa shape index (κ1) is 61.4. The number of methoxy groups -OCH3 is 1. The summed E-state index contributed by atoms with van der Waals surface area (Å²) in [5.41, 5.74) is 5.50. The molecule has 2 aromatic carbocycles. The Morgan fingerprint density at radius 1 is 1.03 bits per heavy atom. The van der Waals surface area contributed by atoms with Crippen molar-refractivity contribution in [1.29, 1.82) is 5.41 Å². The van der Waals surface area contributed by atoms with Crippen molar-refractivity contribution in [2.75, 3.05) is 51.2 Å². The van der Waals surface area contributed by atoms with Crippen LogP contribution in [0.5, 0.6) is 0 Å². The minimum Gasteiger partial charge on any atom is -0.385 e. The van der Waals surface area contributed by atoms with E-state index in [1.165, 1.54) is 44.7 Å². The predicted molar refractivity (Wildman–Crippen MR) is 285 cm³/mol.